The van der Waals surface area contributed by atoms with E-state index in [9.17, 15) is 22.8 Å². The summed E-state index contributed by atoms with van der Waals surface area (Å²) in [5.74, 6) is -2.00. The van der Waals surface area contributed by atoms with Gasteiger partial charge in [-0.1, -0.05) is 17.4 Å². The maximum Gasteiger partial charge on any atom is 0.435 e. The Kier molecular flexibility index (Phi) is 4.55. The second kappa shape index (κ2) is 6.24. The van der Waals surface area contributed by atoms with Gasteiger partial charge >= 0.3 is 12.1 Å². The Morgan fingerprint density at radius 3 is 2.43 bits per heavy atom. The maximum absolute atomic E-state index is 12.8. The summed E-state index contributed by atoms with van der Waals surface area (Å²) < 4.78 is 38.3. The Morgan fingerprint density at radius 2 is 1.91 bits per heavy atom. The van der Waals surface area contributed by atoms with Crippen molar-refractivity contribution in [1.29, 1.82) is 0 Å². The van der Waals surface area contributed by atoms with Crippen molar-refractivity contribution in [2.45, 2.75) is 13.1 Å². The Labute approximate surface area is 132 Å². The number of nitrogens with one attached hydrogen (secondary N) is 2. The molecule has 0 unspecified atom stereocenters. The third-order valence-corrected chi connectivity index (χ3v) is 3.48. The van der Waals surface area contributed by atoms with Crippen molar-refractivity contribution in [1.82, 2.24) is 4.98 Å². The van der Waals surface area contributed by atoms with Crippen molar-refractivity contribution in [2.24, 2.45) is 0 Å². The normalized spacial score (nSPS) is 11.1. The van der Waals surface area contributed by atoms with Gasteiger partial charge in [-0.2, -0.15) is 13.2 Å². The van der Waals surface area contributed by atoms with Crippen LogP contribution in [0.15, 0.2) is 24.3 Å². The first kappa shape index (κ1) is 16.7. The molecule has 0 bridgehead atoms. The van der Waals surface area contributed by atoms with Crippen molar-refractivity contribution >= 4 is 39.7 Å². The number of aromatic nitrogens is 1. The summed E-state index contributed by atoms with van der Waals surface area (Å²) >= 11 is 0.380. The molecule has 0 spiro atoms. The molecule has 0 aliphatic heterocycles. The second-order valence-electron chi connectivity index (χ2n) is 4.39. The molecular weight excluding hydrogens is 335 g/mol. The van der Waals surface area contributed by atoms with Gasteiger partial charge in [0, 0.05) is 18.3 Å². The Morgan fingerprint density at radius 1 is 1.26 bits per heavy atom. The van der Waals surface area contributed by atoms with Gasteiger partial charge < -0.3 is 15.7 Å². The number of carbonyl (C=O) groups excluding carboxylic acids is 1. The number of thiazole rings is 1. The van der Waals surface area contributed by atoms with Crippen LogP contribution in [0, 0.1) is 0 Å². The number of amides is 1. The van der Waals surface area contributed by atoms with Gasteiger partial charge in [-0.05, 0) is 18.2 Å². The molecule has 2 aromatic rings. The molecule has 6 nitrogen and oxygen atoms in total. The van der Waals surface area contributed by atoms with Crippen LogP contribution in [0.4, 0.5) is 29.7 Å². The van der Waals surface area contributed by atoms with Gasteiger partial charge in [0.05, 0.1) is 0 Å². The van der Waals surface area contributed by atoms with E-state index in [4.69, 9.17) is 5.11 Å². The molecule has 0 saturated heterocycles. The molecule has 10 heteroatoms. The minimum Gasteiger partial charge on any atom is -0.477 e. The van der Waals surface area contributed by atoms with Gasteiger partial charge in [0.25, 0.3) is 0 Å². The van der Waals surface area contributed by atoms with Crippen LogP contribution in [-0.2, 0) is 11.0 Å². The van der Waals surface area contributed by atoms with Gasteiger partial charge in [-0.15, -0.1) is 0 Å². The van der Waals surface area contributed by atoms with Crippen LogP contribution >= 0.6 is 11.3 Å². The van der Waals surface area contributed by atoms with E-state index in [1.54, 1.807) is 18.2 Å². The highest BCUT2D eigenvalue weighted by Crippen LogP contribution is 2.37. The number of hydrogen-bond acceptors (Lipinski definition) is 5. The third kappa shape index (κ3) is 4.19. The summed E-state index contributed by atoms with van der Waals surface area (Å²) in [6.07, 6.45) is -4.86. The van der Waals surface area contributed by atoms with Gasteiger partial charge in [0.1, 0.15) is 4.88 Å². The zero-order valence-corrected chi connectivity index (χ0v) is 12.4. The molecule has 1 aromatic carbocycles. The van der Waals surface area contributed by atoms with E-state index in [0.717, 1.165) is 0 Å². The zero-order valence-electron chi connectivity index (χ0n) is 11.6. The van der Waals surface area contributed by atoms with Gasteiger partial charge in [-0.25, -0.2) is 9.78 Å². The number of benzene rings is 1. The molecule has 3 N–H and O–H groups in total. The lowest BCUT2D eigenvalue weighted by atomic mass is 10.3. The number of carboxylic acids is 1. The number of hydrogen-bond donors (Lipinski definition) is 3. The monoisotopic (exact) mass is 345 g/mol. The van der Waals surface area contributed by atoms with E-state index in [-0.39, 0.29) is 11.0 Å². The van der Waals surface area contributed by atoms with Crippen molar-refractivity contribution in [3.8, 4) is 0 Å². The smallest absolute Gasteiger partial charge is 0.435 e. The zero-order chi connectivity index (χ0) is 17.2. The molecule has 0 radical (unpaired) electrons. The van der Waals surface area contributed by atoms with Crippen molar-refractivity contribution < 1.29 is 27.9 Å². The van der Waals surface area contributed by atoms with E-state index >= 15 is 0 Å². The highest BCUT2D eigenvalue weighted by atomic mass is 32.1. The predicted molar refractivity (Wildman–Crippen MR) is 78.1 cm³/mol. The fourth-order valence-corrected chi connectivity index (χ4v) is 2.56. The summed E-state index contributed by atoms with van der Waals surface area (Å²) in [5.41, 5.74) is -0.653. The van der Waals surface area contributed by atoms with Gasteiger partial charge in [-0.3, -0.25) is 4.79 Å². The van der Waals surface area contributed by atoms with Crippen LogP contribution < -0.4 is 10.6 Å². The molecule has 23 heavy (non-hydrogen) atoms. The maximum atomic E-state index is 12.8. The van der Waals surface area contributed by atoms with E-state index in [1.807, 2.05) is 0 Å². The molecular formula is C13H10F3N3O3S. The molecule has 0 atom stereocenters. The Balaban J connectivity index is 2.30. The number of carbonyl (C=O) groups is 2. The molecule has 1 amide bonds. The summed E-state index contributed by atoms with van der Waals surface area (Å²) in [7, 11) is 0. The summed E-state index contributed by atoms with van der Waals surface area (Å²) in [4.78, 5) is 24.3. The molecule has 122 valence electrons. The molecule has 1 heterocycles. The van der Waals surface area contributed by atoms with Crippen LogP contribution in [0.5, 0.6) is 0 Å². The van der Waals surface area contributed by atoms with Crippen molar-refractivity contribution in [2.75, 3.05) is 10.6 Å². The number of anilines is 3. The minimum absolute atomic E-state index is 0.213. The number of halogens is 3. The highest BCUT2D eigenvalue weighted by Gasteiger charge is 2.39. The topological polar surface area (TPSA) is 91.3 Å². The number of aromatic carboxylic acids is 1. The summed E-state index contributed by atoms with van der Waals surface area (Å²) in [6, 6.07) is 6.19. The van der Waals surface area contributed by atoms with E-state index in [2.05, 4.69) is 15.6 Å². The fraction of sp³-hybridized carbons (Fsp3) is 0.154. The fourth-order valence-electron chi connectivity index (χ4n) is 1.71. The average molecular weight is 345 g/mol. The van der Waals surface area contributed by atoms with E-state index < -0.39 is 22.7 Å². The second-order valence-corrected chi connectivity index (χ2v) is 5.39. The van der Waals surface area contributed by atoms with Gasteiger partial charge in [0.15, 0.2) is 10.8 Å². The number of rotatable bonds is 4. The largest absolute Gasteiger partial charge is 0.477 e. The predicted octanol–water partition coefficient (Wildman–Crippen LogP) is 3.56. The first-order valence-electron chi connectivity index (χ1n) is 6.13. The number of nitrogens with zero attached hydrogens (tertiary/aromatic N) is 1. The first-order valence-corrected chi connectivity index (χ1v) is 6.94. The SMILES string of the molecule is CC(=O)Nc1cccc(Nc2nc(C(F)(F)F)c(C(=O)O)s2)c1. The van der Waals surface area contributed by atoms with Crippen LogP contribution in [0.2, 0.25) is 0 Å². The Hall–Kier alpha value is -2.62. The van der Waals surface area contributed by atoms with E-state index in [0.29, 0.717) is 22.7 Å². The number of alkyl halides is 3. The van der Waals surface area contributed by atoms with Crippen LogP contribution in [0.3, 0.4) is 0 Å². The van der Waals surface area contributed by atoms with Crippen LogP contribution in [0.1, 0.15) is 22.3 Å². The first-order chi connectivity index (χ1) is 10.7. The minimum atomic E-state index is -4.86. The summed E-state index contributed by atoms with van der Waals surface area (Å²) in [5, 5.41) is 13.8. The number of carboxylic acid groups (broad SMARTS) is 1. The van der Waals surface area contributed by atoms with Crippen molar-refractivity contribution in [3.05, 3.63) is 34.8 Å². The van der Waals surface area contributed by atoms with E-state index in [1.165, 1.54) is 13.0 Å². The lowest BCUT2D eigenvalue weighted by Gasteiger charge is -2.06. The van der Waals surface area contributed by atoms with Crippen LogP contribution in [0.25, 0.3) is 0 Å². The average Bonchev–Trinajstić information content (AvgIpc) is 2.82. The Bertz CT molecular complexity index is 758. The molecule has 0 fully saturated rings. The standard InChI is InChI=1S/C13H10F3N3O3S/c1-6(20)17-7-3-2-4-8(5-7)18-12-19-10(13(14,15)16)9(23-12)11(21)22/h2-5H,1H3,(H,17,20)(H,18,19)(H,21,22). The lowest BCUT2D eigenvalue weighted by Crippen LogP contribution is -2.11. The molecule has 2 rings (SSSR count). The molecule has 1 aromatic heterocycles. The van der Waals surface area contributed by atoms with Crippen LogP contribution in [-0.4, -0.2) is 22.0 Å². The van der Waals surface area contributed by atoms with Gasteiger partial charge in [0.2, 0.25) is 5.91 Å². The molecule has 0 aliphatic rings. The quantitative estimate of drug-likeness (QED) is 0.788. The van der Waals surface area contributed by atoms with Crippen molar-refractivity contribution in [3.63, 3.8) is 0 Å². The highest BCUT2D eigenvalue weighted by molar-refractivity contribution is 7.17. The molecule has 0 saturated carbocycles. The summed E-state index contributed by atoms with van der Waals surface area (Å²) in [6.45, 7) is 1.32. The lowest BCUT2D eigenvalue weighted by molar-refractivity contribution is -0.141. The third-order valence-electron chi connectivity index (χ3n) is 2.52. The molecule has 0 aliphatic carbocycles.